The lowest BCUT2D eigenvalue weighted by Gasteiger charge is -2.04. The number of thioether (sulfide) groups is 1. The molecule has 3 rings (SSSR count). The normalized spacial score (nSPS) is 11.3. The lowest BCUT2D eigenvalue weighted by molar-refractivity contribution is 0.700. The molecule has 4 nitrogen and oxygen atoms in total. The van der Waals surface area contributed by atoms with Crippen LogP contribution in [0.2, 0.25) is 10.0 Å². The van der Waals surface area contributed by atoms with Crippen LogP contribution in [0.4, 0.5) is 0 Å². The Morgan fingerprint density at radius 1 is 1.00 bits per heavy atom. The average Bonchev–Trinajstić information content (AvgIpc) is 3.03. The van der Waals surface area contributed by atoms with Crippen LogP contribution in [0, 0.1) is 0 Å². The summed E-state index contributed by atoms with van der Waals surface area (Å²) in [7, 11) is 0. The molecule has 0 N–H and O–H groups in total. The van der Waals surface area contributed by atoms with Gasteiger partial charge in [0, 0.05) is 22.2 Å². The van der Waals surface area contributed by atoms with Crippen molar-refractivity contribution >= 4 is 41.2 Å². The van der Waals surface area contributed by atoms with Crippen molar-refractivity contribution in [3.05, 3.63) is 75.5 Å². The first-order valence-electron chi connectivity index (χ1n) is 8.27. The number of hydrogen-bond acceptors (Lipinski definition) is 4. The predicted octanol–water partition coefficient (Wildman–Crippen LogP) is 5.71. The van der Waals surface area contributed by atoms with E-state index in [1.165, 1.54) is 5.56 Å². The number of rotatable bonds is 7. The SMILES string of the molecule is CCCc1nnc(SCc2ccc(Cl)cc2)n1/N=C\c1ccc(Cl)cc1. The van der Waals surface area contributed by atoms with Gasteiger partial charge in [0.25, 0.3) is 0 Å². The number of nitrogens with zero attached hydrogens (tertiary/aromatic N) is 4. The van der Waals surface area contributed by atoms with Crippen LogP contribution in [0.5, 0.6) is 0 Å². The maximum atomic E-state index is 5.94. The highest BCUT2D eigenvalue weighted by atomic mass is 35.5. The molecule has 0 radical (unpaired) electrons. The molecule has 2 aromatic carbocycles. The Kier molecular flexibility index (Phi) is 6.72. The number of halogens is 2. The molecular formula is C19H18Cl2N4S. The first kappa shape index (κ1) is 19.0. The van der Waals surface area contributed by atoms with Crippen molar-refractivity contribution in [2.24, 2.45) is 5.10 Å². The third kappa shape index (κ3) is 5.10. The Labute approximate surface area is 167 Å². The van der Waals surface area contributed by atoms with Crippen LogP contribution in [0.1, 0.15) is 30.3 Å². The summed E-state index contributed by atoms with van der Waals surface area (Å²) in [5.41, 5.74) is 2.15. The first-order chi connectivity index (χ1) is 12.7. The summed E-state index contributed by atoms with van der Waals surface area (Å²) in [5, 5.41) is 15.4. The monoisotopic (exact) mass is 404 g/mol. The van der Waals surface area contributed by atoms with Gasteiger partial charge >= 0.3 is 0 Å². The molecule has 134 valence electrons. The second-order valence-corrected chi connectivity index (χ2v) is 7.49. The van der Waals surface area contributed by atoms with Crippen molar-refractivity contribution in [2.45, 2.75) is 30.7 Å². The topological polar surface area (TPSA) is 43.1 Å². The maximum Gasteiger partial charge on any atom is 0.212 e. The average molecular weight is 405 g/mol. The molecule has 0 atom stereocenters. The van der Waals surface area contributed by atoms with Crippen LogP contribution in [-0.2, 0) is 12.2 Å². The fourth-order valence-corrected chi connectivity index (χ4v) is 3.40. The molecule has 0 aliphatic heterocycles. The van der Waals surface area contributed by atoms with Gasteiger partial charge in [-0.05, 0) is 41.8 Å². The summed E-state index contributed by atoms with van der Waals surface area (Å²) < 4.78 is 1.82. The number of aromatic nitrogens is 3. The molecular weight excluding hydrogens is 387 g/mol. The van der Waals surface area contributed by atoms with Crippen molar-refractivity contribution in [3.63, 3.8) is 0 Å². The van der Waals surface area contributed by atoms with E-state index < -0.39 is 0 Å². The summed E-state index contributed by atoms with van der Waals surface area (Å²) >= 11 is 13.5. The summed E-state index contributed by atoms with van der Waals surface area (Å²) in [5.74, 6) is 1.63. The Hall–Kier alpha value is -1.82. The minimum absolute atomic E-state index is 0.706. The zero-order chi connectivity index (χ0) is 18.4. The summed E-state index contributed by atoms with van der Waals surface area (Å²) in [4.78, 5) is 0. The largest absolute Gasteiger partial charge is 0.212 e. The van der Waals surface area contributed by atoms with Crippen molar-refractivity contribution in [2.75, 3.05) is 0 Å². The second-order valence-electron chi connectivity index (χ2n) is 5.67. The lowest BCUT2D eigenvalue weighted by atomic mass is 10.2. The second kappa shape index (κ2) is 9.21. The molecule has 0 spiro atoms. The molecule has 0 unspecified atom stereocenters. The van der Waals surface area contributed by atoms with Crippen LogP contribution < -0.4 is 0 Å². The first-order valence-corrected chi connectivity index (χ1v) is 10.0. The molecule has 0 bridgehead atoms. The Bertz CT molecular complexity index is 874. The minimum atomic E-state index is 0.706. The van der Waals surface area contributed by atoms with Gasteiger partial charge in [-0.3, -0.25) is 0 Å². The molecule has 3 aromatic rings. The van der Waals surface area contributed by atoms with Crippen LogP contribution >= 0.6 is 35.0 Å². The van der Waals surface area contributed by atoms with E-state index in [1.54, 1.807) is 18.0 Å². The fourth-order valence-electron chi connectivity index (χ4n) is 2.28. The molecule has 26 heavy (non-hydrogen) atoms. The number of aryl methyl sites for hydroxylation is 1. The summed E-state index contributed by atoms with van der Waals surface area (Å²) in [6.07, 6.45) is 3.61. The van der Waals surface area contributed by atoms with Crippen molar-refractivity contribution in [1.82, 2.24) is 14.9 Å². The highest BCUT2D eigenvalue weighted by molar-refractivity contribution is 7.98. The maximum absolute atomic E-state index is 5.94. The fraction of sp³-hybridized carbons (Fsp3) is 0.211. The smallest absolute Gasteiger partial charge is 0.191 e. The van der Waals surface area contributed by atoms with Crippen LogP contribution in [0.25, 0.3) is 0 Å². The lowest BCUT2D eigenvalue weighted by Crippen LogP contribution is -2.00. The molecule has 1 aromatic heterocycles. The van der Waals surface area contributed by atoms with E-state index in [-0.39, 0.29) is 0 Å². The molecule has 0 aliphatic rings. The highest BCUT2D eigenvalue weighted by Gasteiger charge is 2.11. The molecule has 0 amide bonds. The van der Waals surface area contributed by atoms with E-state index in [4.69, 9.17) is 23.2 Å². The van der Waals surface area contributed by atoms with Gasteiger partial charge in [0.1, 0.15) is 0 Å². The Balaban J connectivity index is 1.79. The van der Waals surface area contributed by atoms with Crippen LogP contribution in [0.15, 0.2) is 58.8 Å². The van der Waals surface area contributed by atoms with Gasteiger partial charge in [-0.25, -0.2) is 0 Å². The van der Waals surface area contributed by atoms with E-state index in [9.17, 15) is 0 Å². The molecule has 0 saturated heterocycles. The van der Waals surface area contributed by atoms with E-state index in [1.807, 2.05) is 53.2 Å². The van der Waals surface area contributed by atoms with Gasteiger partial charge in [0.05, 0.1) is 6.21 Å². The molecule has 0 fully saturated rings. The quantitative estimate of drug-likeness (QED) is 0.373. The summed E-state index contributed by atoms with van der Waals surface area (Å²) in [6.45, 7) is 2.11. The van der Waals surface area contributed by atoms with Gasteiger partial charge in [-0.2, -0.15) is 9.78 Å². The number of benzene rings is 2. The van der Waals surface area contributed by atoms with E-state index in [0.717, 1.165) is 40.2 Å². The third-order valence-corrected chi connectivity index (χ3v) is 5.12. The van der Waals surface area contributed by atoms with Crippen molar-refractivity contribution in [1.29, 1.82) is 0 Å². The Morgan fingerprint density at radius 2 is 1.65 bits per heavy atom. The van der Waals surface area contributed by atoms with E-state index in [0.29, 0.717) is 5.02 Å². The van der Waals surface area contributed by atoms with Gasteiger partial charge in [0.2, 0.25) is 5.16 Å². The zero-order valence-electron chi connectivity index (χ0n) is 14.3. The molecule has 0 saturated carbocycles. The Morgan fingerprint density at radius 3 is 2.31 bits per heavy atom. The molecule has 7 heteroatoms. The van der Waals surface area contributed by atoms with E-state index >= 15 is 0 Å². The van der Waals surface area contributed by atoms with Crippen molar-refractivity contribution < 1.29 is 0 Å². The van der Waals surface area contributed by atoms with Gasteiger partial charge in [-0.15, -0.1) is 10.2 Å². The summed E-state index contributed by atoms with van der Waals surface area (Å²) in [6, 6.07) is 15.4. The minimum Gasteiger partial charge on any atom is -0.191 e. The van der Waals surface area contributed by atoms with Crippen LogP contribution in [0.3, 0.4) is 0 Å². The standard InChI is InChI=1S/C19H18Cl2N4S/c1-2-3-18-23-24-19(26-13-15-6-10-17(21)11-7-15)25(18)22-12-14-4-8-16(20)9-5-14/h4-12H,2-3,13H2,1H3/b22-12-. The van der Waals surface area contributed by atoms with Gasteiger partial charge in [0.15, 0.2) is 5.82 Å². The third-order valence-electron chi connectivity index (χ3n) is 3.62. The van der Waals surface area contributed by atoms with Gasteiger partial charge < -0.3 is 0 Å². The zero-order valence-corrected chi connectivity index (χ0v) is 16.6. The van der Waals surface area contributed by atoms with Crippen molar-refractivity contribution in [3.8, 4) is 0 Å². The molecule has 0 aliphatic carbocycles. The number of hydrogen-bond donors (Lipinski definition) is 0. The van der Waals surface area contributed by atoms with Crippen LogP contribution in [-0.4, -0.2) is 21.1 Å². The van der Waals surface area contributed by atoms with Gasteiger partial charge in [-0.1, -0.05) is 66.2 Å². The van der Waals surface area contributed by atoms with E-state index in [2.05, 4.69) is 22.2 Å². The predicted molar refractivity (Wildman–Crippen MR) is 109 cm³/mol. The highest BCUT2D eigenvalue weighted by Crippen LogP contribution is 2.23. The molecule has 1 heterocycles.